The Morgan fingerprint density at radius 2 is 2.05 bits per heavy atom. The van der Waals surface area contributed by atoms with Gasteiger partial charge in [0.15, 0.2) is 0 Å². The molecule has 1 fully saturated rings. The number of halogens is 1. The number of primary amides is 1. The van der Waals surface area contributed by atoms with E-state index in [1.165, 1.54) is 11.8 Å². The van der Waals surface area contributed by atoms with Crippen LogP contribution in [0.15, 0.2) is 24.3 Å². The standard InChI is InChI=1S/C15H19ClN2O2S/c16-12-5-3-11(4-6-12)13-2-1-8-18(13)15(20)7-9-21-10-14(17)19/h3-6,13H,1-2,7-10H2,(H2,17,19)/t13-/m1/s1. The maximum Gasteiger partial charge on any atom is 0.227 e. The predicted octanol–water partition coefficient (Wildman–Crippen LogP) is 2.61. The summed E-state index contributed by atoms with van der Waals surface area (Å²) in [6.45, 7) is 0.798. The fraction of sp³-hybridized carbons (Fsp3) is 0.467. The van der Waals surface area contributed by atoms with Gasteiger partial charge in [-0.15, -0.1) is 0 Å². The highest BCUT2D eigenvalue weighted by atomic mass is 35.5. The van der Waals surface area contributed by atoms with Gasteiger partial charge in [-0.25, -0.2) is 0 Å². The topological polar surface area (TPSA) is 63.4 Å². The molecule has 1 aromatic carbocycles. The Morgan fingerprint density at radius 1 is 1.33 bits per heavy atom. The van der Waals surface area contributed by atoms with Crippen LogP contribution in [0.3, 0.4) is 0 Å². The highest BCUT2D eigenvalue weighted by Gasteiger charge is 2.29. The van der Waals surface area contributed by atoms with Crippen molar-refractivity contribution in [2.24, 2.45) is 5.73 Å². The monoisotopic (exact) mass is 326 g/mol. The average Bonchev–Trinajstić information content (AvgIpc) is 2.93. The molecule has 1 aromatic rings. The Balaban J connectivity index is 1.90. The van der Waals surface area contributed by atoms with Gasteiger partial charge in [-0.05, 0) is 30.5 Å². The van der Waals surface area contributed by atoms with Gasteiger partial charge in [0.2, 0.25) is 11.8 Å². The third-order valence-corrected chi connectivity index (χ3v) is 4.77. The van der Waals surface area contributed by atoms with Crippen molar-refractivity contribution in [3.8, 4) is 0 Å². The molecule has 6 heteroatoms. The molecule has 0 spiro atoms. The number of likely N-dealkylation sites (tertiary alicyclic amines) is 1. The largest absolute Gasteiger partial charge is 0.369 e. The molecule has 21 heavy (non-hydrogen) atoms. The van der Waals surface area contributed by atoms with Crippen LogP contribution in [0.5, 0.6) is 0 Å². The Kier molecular flexibility index (Phi) is 5.94. The fourth-order valence-corrected chi connectivity index (χ4v) is 3.36. The van der Waals surface area contributed by atoms with Crippen molar-refractivity contribution in [1.82, 2.24) is 4.90 Å². The van der Waals surface area contributed by atoms with Crippen molar-refractivity contribution in [3.05, 3.63) is 34.9 Å². The van der Waals surface area contributed by atoms with Gasteiger partial charge in [-0.3, -0.25) is 9.59 Å². The molecule has 0 unspecified atom stereocenters. The van der Waals surface area contributed by atoms with Crippen molar-refractivity contribution in [3.63, 3.8) is 0 Å². The molecule has 2 rings (SSSR count). The predicted molar refractivity (Wildman–Crippen MR) is 86.3 cm³/mol. The third kappa shape index (κ3) is 4.64. The van der Waals surface area contributed by atoms with Crippen LogP contribution in [0.1, 0.15) is 30.9 Å². The van der Waals surface area contributed by atoms with Crippen molar-refractivity contribution < 1.29 is 9.59 Å². The molecule has 0 aliphatic carbocycles. The number of nitrogens with zero attached hydrogens (tertiary/aromatic N) is 1. The summed E-state index contributed by atoms with van der Waals surface area (Å²) in [6, 6.07) is 7.85. The second-order valence-electron chi connectivity index (χ2n) is 5.07. The summed E-state index contributed by atoms with van der Waals surface area (Å²) < 4.78 is 0. The van der Waals surface area contributed by atoms with Crippen LogP contribution in [0.4, 0.5) is 0 Å². The van der Waals surface area contributed by atoms with E-state index >= 15 is 0 Å². The summed E-state index contributed by atoms with van der Waals surface area (Å²) in [4.78, 5) is 24.9. The van der Waals surface area contributed by atoms with E-state index in [0.29, 0.717) is 17.2 Å². The number of hydrogen-bond donors (Lipinski definition) is 1. The van der Waals surface area contributed by atoms with E-state index in [2.05, 4.69) is 0 Å². The third-order valence-electron chi connectivity index (χ3n) is 3.53. The number of rotatable bonds is 6. The molecule has 0 radical (unpaired) electrons. The molecule has 4 nitrogen and oxygen atoms in total. The smallest absolute Gasteiger partial charge is 0.227 e. The van der Waals surface area contributed by atoms with E-state index in [4.69, 9.17) is 17.3 Å². The Bertz CT molecular complexity index is 507. The first-order chi connectivity index (χ1) is 10.1. The van der Waals surface area contributed by atoms with Gasteiger partial charge in [0, 0.05) is 23.7 Å². The summed E-state index contributed by atoms with van der Waals surface area (Å²) in [5, 5.41) is 0.706. The molecular formula is C15H19ClN2O2S. The quantitative estimate of drug-likeness (QED) is 0.817. The molecule has 0 saturated carbocycles. The number of nitrogens with two attached hydrogens (primary N) is 1. The van der Waals surface area contributed by atoms with Crippen molar-refractivity contribution in [2.45, 2.75) is 25.3 Å². The molecular weight excluding hydrogens is 308 g/mol. The molecule has 1 saturated heterocycles. The van der Waals surface area contributed by atoms with Gasteiger partial charge in [0.25, 0.3) is 0 Å². The highest BCUT2D eigenvalue weighted by molar-refractivity contribution is 7.99. The summed E-state index contributed by atoms with van der Waals surface area (Å²) in [6.07, 6.45) is 2.46. The van der Waals surface area contributed by atoms with Crippen LogP contribution < -0.4 is 5.73 Å². The van der Waals surface area contributed by atoms with Crippen molar-refractivity contribution >= 4 is 35.2 Å². The van der Waals surface area contributed by atoms with Gasteiger partial charge >= 0.3 is 0 Å². The van der Waals surface area contributed by atoms with Crippen LogP contribution in [-0.4, -0.2) is 34.8 Å². The molecule has 0 aromatic heterocycles. The van der Waals surface area contributed by atoms with Gasteiger partial charge in [-0.2, -0.15) is 11.8 Å². The Morgan fingerprint density at radius 3 is 2.71 bits per heavy atom. The number of carbonyl (C=O) groups is 2. The number of benzene rings is 1. The minimum atomic E-state index is -0.340. The number of hydrogen-bond acceptors (Lipinski definition) is 3. The summed E-state index contributed by atoms with van der Waals surface area (Å²) in [5.74, 6) is 0.705. The summed E-state index contributed by atoms with van der Waals surface area (Å²) >= 11 is 7.31. The minimum absolute atomic E-state index is 0.143. The van der Waals surface area contributed by atoms with E-state index in [1.54, 1.807) is 0 Å². The maximum atomic E-state index is 12.3. The van der Waals surface area contributed by atoms with Crippen molar-refractivity contribution in [2.75, 3.05) is 18.1 Å². The van der Waals surface area contributed by atoms with E-state index < -0.39 is 0 Å². The van der Waals surface area contributed by atoms with Crippen LogP contribution in [0.2, 0.25) is 5.02 Å². The zero-order valence-electron chi connectivity index (χ0n) is 11.8. The van der Waals surface area contributed by atoms with Gasteiger partial charge in [0.05, 0.1) is 11.8 Å². The van der Waals surface area contributed by atoms with Gasteiger partial charge < -0.3 is 10.6 Å². The SMILES string of the molecule is NC(=O)CSCCC(=O)N1CCC[C@@H]1c1ccc(Cl)cc1. The first kappa shape index (κ1) is 16.2. The zero-order chi connectivity index (χ0) is 15.2. The highest BCUT2D eigenvalue weighted by Crippen LogP contribution is 2.33. The number of amides is 2. The number of thioether (sulfide) groups is 1. The lowest BCUT2D eigenvalue weighted by atomic mass is 10.0. The molecule has 1 aliphatic heterocycles. The molecule has 2 N–H and O–H groups in total. The lowest BCUT2D eigenvalue weighted by Gasteiger charge is -2.25. The van der Waals surface area contributed by atoms with E-state index in [1.807, 2.05) is 29.2 Å². The van der Waals surface area contributed by atoms with Gasteiger partial charge in [0.1, 0.15) is 0 Å². The van der Waals surface area contributed by atoms with Crippen LogP contribution in [0.25, 0.3) is 0 Å². The van der Waals surface area contributed by atoms with Gasteiger partial charge in [-0.1, -0.05) is 23.7 Å². The normalized spacial score (nSPS) is 18.0. The summed E-state index contributed by atoms with van der Waals surface area (Å²) in [5.41, 5.74) is 6.21. The molecule has 1 aliphatic rings. The molecule has 2 amide bonds. The van der Waals surface area contributed by atoms with Crippen molar-refractivity contribution in [1.29, 1.82) is 0 Å². The average molecular weight is 327 g/mol. The second kappa shape index (κ2) is 7.71. The molecule has 0 bridgehead atoms. The second-order valence-corrected chi connectivity index (χ2v) is 6.61. The maximum absolute atomic E-state index is 12.3. The summed E-state index contributed by atoms with van der Waals surface area (Å²) in [7, 11) is 0. The molecule has 114 valence electrons. The van der Waals surface area contributed by atoms with Crippen LogP contribution in [-0.2, 0) is 9.59 Å². The van der Waals surface area contributed by atoms with E-state index in [0.717, 1.165) is 24.9 Å². The van der Waals surface area contributed by atoms with Crippen LogP contribution in [0, 0.1) is 0 Å². The minimum Gasteiger partial charge on any atom is -0.369 e. The first-order valence-electron chi connectivity index (χ1n) is 6.99. The number of carbonyl (C=O) groups excluding carboxylic acids is 2. The van der Waals surface area contributed by atoms with E-state index in [9.17, 15) is 9.59 Å². The lowest BCUT2D eigenvalue weighted by molar-refractivity contribution is -0.131. The first-order valence-corrected chi connectivity index (χ1v) is 8.52. The molecule has 1 atom stereocenters. The van der Waals surface area contributed by atoms with Crippen LogP contribution >= 0.6 is 23.4 Å². The molecule has 1 heterocycles. The fourth-order valence-electron chi connectivity index (χ4n) is 2.57. The Hall–Kier alpha value is -1.20. The Labute approximate surface area is 134 Å². The zero-order valence-corrected chi connectivity index (χ0v) is 13.3. The van der Waals surface area contributed by atoms with E-state index in [-0.39, 0.29) is 23.6 Å². The lowest BCUT2D eigenvalue weighted by Crippen LogP contribution is -2.30.